The second kappa shape index (κ2) is 6.98. The number of hydrogen-bond donors (Lipinski definition) is 1. The molecule has 5 nitrogen and oxygen atoms in total. The first-order valence-corrected chi connectivity index (χ1v) is 9.48. The molecule has 1 aliphatic rings. The maximum Gasteiger partial charge on any atom is 0.211 e. The molecule has 1 fully saturated rings. The lowest BCUT2D eigenvalue weighted by atomic mass is 9.95. The van der Waals surface area contributed by atoms with Crippen molar-refractivity contribution < 1.29 is 13.2 Å². The first-order chi connectivity index (χ1) is 10.3. The first kappa shape index (κ1) is 17.2. The van der Waals surface area contributed by atoms with Crippen molar-refractivity contribution in [1.29, 1.82) is 0 Å². The Kier molecular flexibility index (Phi) is 5.47. The molecule has 2 atom stereocenters. The van der Waals surface area contributed by atoms with E-state index in [1.165, 1.54) is 11.8 Å². The van der Waals surface area contributed by atoms with Crippen LogP contribution in [0, 0.1) is 12.8 Å². The fourth-order valence-electron chi connectivity index (χ4n) is 3.01. The van der Waals surface area contributed by atoms with Gasteiger partial charge >= 0.3 is 0 Å². The van der Waals surface area contributed by atoms with Gasteiger partial charge in [0.2, 0.25) is 10.0 Å². The highest BCUT2D eigenvalue weighted by atomic mass is 32.2. The second-order valence-corrected chi connectivity index (χ2v) is 8.16. The van der Waals surface area contributed by atoms with Crippen LogP contribution in [0.3, 0.4) is 0 Å². The summed E-state index contributed by atoms with van der Waals surface area (Å²) in [4.78, 5) is 0. The van der Waals surface area contributed by atoms with Crippen molar-refractivity contribution in [3.63, 3.8) is 0 Å². The zero-order valence-corrected chi connectivity index (χ0v) is 14.6. The Labute approximate surface area is 133 Å². The van der Waals surface area contributed by atoms with E-state index in [1.54, 1.807) is 11.4 Å². The SMILES string of the molecule is COc1ccc(CN[C@H]2CCN(S(C)(=O)=O)C[C@H]2C)cc1C. The fraction of sp³-hybridized carbons (Fsp3) is 0.625. The lowest BCUT2D eigenvalue weighted by molar-refractivity contribution is 0.220. The van der Waals surface area contributed by atoms with Gasteiger partial charge in [0.1, 0.15) is 5.75 Å². The maximum atomic E-state index is 11.6. The smallest absolute Gasteiger partial charge is 0.211 e. The number of rotatable bonds is 5. The van der Waals surface area contributed by atoms with Gasteiger partial charge < -0.3 is 10.1 Å². The number of hydrogen-bond acceptors (Lipinski definition) is 4. The fourth-order valence-corrected chi connectivity index (χ4v) is 3.95. The molecular formula is C16H26N2O3S. The number of ether oxygens (including phenoxy) is 1. The monoisotopic (exact) mass is 326 g/mol. The summed E-state index contributed by atoms with van der Waals surface area (Å²) in [5.41, 5.74) is 2.35. The Hall–Kier alpha value is -1.11. The van der Waals surface area contributed by atoms with Crippen molar-refractivity contribution in [3.05, 3.63) is 29.3 Å². The van der Waals surface area contributed by atoms with Crippen LogP contribution >= 0.6 is 0 Å². The van der Waals surface area contributed by atoms with Crippen LogP contribution in [0.5, 0.6) is 5.75 Å². The number of sulfonamides is 1. The molecule has 0 unspecified atom stereocenters. The van der Waals surface area contributed by atoms with E-state index in [2.05, 4.69) is 24.4 Å². The van der Waals surface area contributed by atoms with Gasteiger partial charge in [-0.2, -0.15) is 0 Å². The zero-order chi connectivity index (χ0) is 16.3. The van der Waals surface area contributed by atoms with Crippen LogP contribution in [-0.4, -0.2) is 45.2 Å². The maximum absolute atomic E-state index is 11.6. The Morgan fingerprint density at radius 1 is 1.41 bits per heavy atom. The lowest BCUT2D eigenvalue weighted by Crippen LogP contribution is -2.49. The predicted molar refractivity (Wildman–Crippen MR) is 88.6 cm³/mol. The molecule has 6 heteroatoms. The van der Waals surface area contributed by atoms with Crippen LogP contribution in [0.4, 0.5) is 0 Å². The third-order valence-electron chi connectivity index (χ3n) is 4.36. The van der Waals surface area contributed by atoms with Crippen LogP contribution in [-0.2, 0) is 16.6 Å². The summed E-state index contributed by atoms with van der Waals surface area (Å²) in [6, 6.07) is 6.53. The first-order valence-electron chi connectivity index (χ1n) is 7.63. The third kappa shape index (κ3) is 4.21. The van der Waals surface area contributed by atoms with E-state index in [0.29, 0.717) is 25.0 Å². The summed E-state index contributed by atoms with van der Waals surface area (Å²) in [5.74, 6) is 1.21. The second-order valence-electron chi connectivity index (χ2n) is 6.18. The molecule has 0 spiro atoms. The van der Waals surface area contributed by atoms with Gasteiger partial charge in [0, 0.05) is 25.7 Å². The molecule has 2 rings (SSSR count). The van der Waals surface area contributed by atoms with Crippen molar-refractivity contribution in [2.75, 3.05) is 26.5 Å². The normalized spacial score (nSPS) is 23.5. The van der Waals surface area contributed by atoms with E-state index in [-0.39, 0.29) is 0 Å². The molecule has 1 aliphatic heterocycles. The molecule has 0 aliphatic carbocycles. The molecule has 1 saturated heterocycles. The Morgan fingerprint density at radius 3 is 2.68 bits per heavy atom. The van der Waals surface area contributed by atoms with Gasteiger partial charge in [0.25, 0.3) is 0 Å². The summed E-state index contributed by atoms with van der Waals surface area (Å²) in [5, 5.41) is 3.56. The van der Waals surface area contributed by atoms with Crippen molar-refractivity contribution in [2.24, 2.45) is 5.92 Å². The molecule has 0 radical (unpaired) electrons. The van der Waals surface area contributed by atoms with Crippen LogP contribution in [0.2, 0.25) is 0 Å². The Balaban J connectivity index is 1.91. The number of nitrogens with one attached hydrogen (secondary N) is 1. The van der Waals surface area contributed by atoms with Crippen LogP contribution in [0.15, 0.2) is 18.2 Å². The predicted octanol–water partition coefficient (Wildman–Crippen LogP) is 1.76. The highest BCUT2D eigenvalue weighted by molar-refractivity contribution is 7.88. The molecule has 124 valence electrons. The summed E-state index contributed by atoms with van der Waals surface area (Å²) in [7, 11) is -1.39. The van der Waals surface area contributed by atoms with Crippen molar-refractivity contribution >= 4 is 10.0 Å². The molecule has 1 aromatic carbocycles. The molecule has 1 heterocycles. The minimum absolute atomic E-state index is 0.308. The van der Waals surface area contributed by atoms with Gasteiger partial charge in [-0.3, -0.25) is 0 Å². The van der Waals surface area contributed by atoms with E-state index in [0.717, 1.165) is 24.3 Å². The van der Waals surface area contributed by atoms with Gasteiger partial charge in [0.05, 0.1) is 13.4 Å². The van der Waals surface area contributed by atoms with Crippen molar-refractivity contribution in [3.8, 4) is 5.75 Å². The third-order valence-corrected chi connectivity index (χ3v) is 5.63. The lowest BCUT2D eigenvalue weighted by Gasteiger charge is -2.36. The van der Waals surface area contributed by atoms with Crippen LogP contribution in [0.25, 0.3) is 0 Å². The minimum Gasteiger partial charge on any atom is -0.496 e. The Bertz CT molecular complexity index is 616. The average molecular weight is 326 g/mol. The van der Waals surface area contributed by atoms with Gasteiger partial charge in [-0.15, -0.1) is 0 Å². The standard InChI is InChI=1S/C16H26N2O3S/c1-12-9-14(5-6-16(12)21-3)10-17-15-7-8-18(11-13(15)2)22(4,19)20/h5-6,9,13,15,17H,7-8,10-11H2,1-4H3/t13-,15+/m1/s1. The molecule has 0 amide bonds. The van der Waals surface area contributed by atoms with Crippen LogP contribution < -0.4 is 10.1 Å². The Morgan fingerprint density at radius 2 is 2.14 bits per heavy atom. The van der Waals surface area contributed by atoms with E-state index >= 15 is 0 Å². The topological polar surface area (TPSA) is 58.6 Å². The number of nitrogens with zero attached hydrogens (tertiary/aromatic N) is 1. The molecule has 22 heavy (non-hydrogen) atoms. The number of aryl methyl sites for hydroxylation is 1. The number of benzene rings is 1. The van der Waals surface area contributed by atoms with Crippen molar-refractivity contribution in [1.82, 2.24) is 9.62 Å². The highest BCUT2D eigenvalue weighted by Gasteiger charge is 2.29. The van der Waals surface area contributed by atoms with Gasteiger partial charge in [-0.25, -0.2) is 12.7 Å². The summed E-state index contributed by atoms with van der Waals surface area (Å²) in [6.45, 7) is 6.13. The largest absolute Gasteiger partial charge is 0.496 e. The quantitative estimate of drug-likeness (QED) is 0.896. The zero-order valence-electron chi connectivity index (χ0n) is 13.8. The average Bonchev–Trinajstić information content (AvgIpc) is 2.45. The summed E-state index contributed by atoms with van der Waals surface area (Å²) < 4.78 is 30.1. The number of piperidine rings is 1. The highest BCUT2D eigenvalue weighted by Crippen LogP contribution is 2.21. The van der Waals surface area contributed by atoms with E-state index in [1.807, 2.05) is 13.0 Å². The minimum atomic E-state index is -3.07. The summed E-state index contributed by atoms with van der Waals surface area (Å²) >= 11 is 0. The van der Waals surface area contributed by atoms with E-state index in [4.69, 9.17) is 4.74 Å². The number of methoxy groups -OCH3 is 1. The molecule has 0 bridgehead atoms. The molecule has 1 aromatic rings. The van der Waals surface area contributed by atoms with Crippen molar-refractivity contribution in [2.45, 2.75) is 32.9 Å². The van der Waals surface area contributed by atoms with E-state index < -0.39 is 10.0 Å². The van der Waals surface area contributed by atoms with Gasteiger partial charge in [-0.05, 0) is 36.5 Å². The van der Waals surface area contributed by atoms with Gasteiger partial charge in [0.15, 0.2) is 0 Å². The molecular weight excluding hydrogens is 300 g/mol. The van der Waals surface area contributed by atoms with E-state index in [9.17, 15) is 8.42 Å². The molecule has 1 N–H and O–H groups in total. The molecule has 0 saturated carbocycles. The molecule has 0 aromatic heterocycles. The van der Waals surface area contributed by atoms with Crippen LogP contribution in [0.1, 0.15) is 24.5 Å². The summed E-state index contributed by atoms with van der Waals surface area (Å²) in [6.07, 6.45) is 2.14. The van der Waals surface area contributed by atoms with Gasteiger partial charge in [-0.1, -0.05) is 19.1 Å².